The number of piperidine rings is 1. The Kier molecular flexibility index (Phi) is 6.02. The number of benzene rings is 3. The van der Waals surface area contributed by atoms with E-state index in [1.807, 2.05) is 55.5 Å². The van der Waals surface area contributed by atoms with Gasteiger partial charge in [-0.2, -0.15) is 4.31 Å². The van der Waals surface area contributed by atoms with Gasteiger partial charge in [-0.05, 0) is 62.2 Å². The van der Waals surface area contributed by atoms with E-state index in [1.54, 1.807) is 29.2 Å². The van der Waals surface area contributed by atoms with E-state index in [-0.39, 0.29) is 23.6 Å². The summed E-state index contributed by atoms with van der Waals surface area (Å²) in [5, 5.41) is 0. The molecule has 2 aliphatic rings. The first-order valence-corrected chi connectivity index (χ1v) is 12.7. The highest BCUT2D eigenvalue weighted by Crippen LogP contribution is 2.33. The molecule has 0 aromatic heterocycles. The van der Waals surface area contributed by atoms with Crippen LogP contribution < -0.4 is 9.64 Å². The Bertz CT molecular complexity index is 1280. The molecule has 1 amide bonds. The minimum absolute atomic E-state index is 0.106. The minimum atomic E-state index is -3.64. The van der Waals surface area contributed by atoms with Crippen LogP contribution in [0.4, 0.5) is 10.5 Å². The fraction of sp³-hybridized carbons (Fsp3) is 0.269. The molecule has 0 saturated carbocycles. The van der Waals surface area contributed by atoms with E-state index < -0.39 is 10.0 Å². The van der Waals surface area contributed by atoms with Gasteiger partial charge in [0.15, 0.2) is 0 Å². The predicted molar refractivity (Wildman–Crippen MR) is 129 cm³/mol. The van der Waals surface area contributed by atoms with Gasteiger partial charge in [0, 0.05) is 24.7 Å². The molecule has 2 heterocycles. The normalized spacial score (nSPS) is 17.2. The zero-order valence-corrected chi connectivity index (χ0v) is 19.7. The number of hydrogen-bond donors (Lipinski definition) is 0. The van der Waals surface area contributed by atoms with E-state index in [0.717, 1.165) is 16.8 Å². The third kappa shape index (κ3) is 4.38. The Balaban J connectivity index is 1.26. The molecule has 3 aromatic carbocycles. The number of nitrogens with zero attached hydrogens (tertiary/aromatic N) is 2. The number of sulfonamides is 1. The molecule has 2 aliphatic heterocycles. The van der Waals surface area contributed by atoms with Crippen molar-refractivity contribution in [2.45, 2.75) is 37.3 Å². The van der Waals surface area contributed by atoms with Crippen LogP contribution in [0.25, 0.3) is 0 Å². The molecule has 34 heavy (non-hydrogen) atoms. The molecule has 7 nitrogen and oxygen atoms in total. The molecule has 176 valence electrons. The lowest BCUT2D eigenvalue weighted by molar-refractivity contribution is 0.136. The van der Waals surface area contributed by atoms with E-state index in [0.29, 0.717) is 37.4 Å². The van der Waals surface area contributed by atoms with Crippen LogP contribution in [0.15, 0.2) is 77.7 Å². The summed E-state index contributed by atoms with van der Waals surface area (Å²) in [5.74, 6) is 1.27. The monoisotopic (exact) mass is 478 g/mol. The summed E-state index contributed by atoms with van der Waals surface area (Å²) in [6.45, 7) is 2.94. The second kappa shape index (κ2) is 9.12. The Morgan fingerprint density at radius 3 is 2.18 bits per heavy atom. The first-order chi connectivity index (χ1) is 16.4. The second-order valence-corrected chi connectivity index (χ2v) is 10.5. The van der Waals surface area contributed by atoms with Crippen molar-refractivity contribution in [1.82, 2.24) is 4.31 Å². The molecule has 3 aromatic rings. The van der Waals surface area contributed by atoms with Crippen LogP contribution in [-0.4, -0.2) is 37.9 Å². The molecule has 5 rings (SSSR count). The molecule has 0 aliphatic carbocycles. The van der Waals surface area contributed by atoms with Crippen molar-refractivity contribution in [2.75, 3.05) is 18.0 Å². The molecule has 1 fully saturated rings. The Labute approximate surface area is 199 Å². The average molecular weight is 479 g/mol. The van der Waals surface area contributed by atoms with Crippen LogP contribution >= 0.6 is 0 Å². The van der Waals surface area contributed by atoms with Crippen molar-refractivity contribution >= 4 is 21.8 Å². The van der Waals surface area contributed by atoms with E-state index in [2.05, 4.69) is 0 Å². The first-order valence-electron chi connectivity index (χ1n) is 11.3. The highest BCUT2D eigenvalue weighted by Gasteiger charge is 2.37. The topological polar surface area (TPSA) is 76.2 Å². The summed E-state index contributed by atoms with van der Waals surface area (Å²) < 4.78 is 39.1. The molecular weight excluding hydrogens is 452 g/mol. The maximum atomic E-state index is 13.2. The van der Waals surface area contributed by atoms with E-state index in [4.69, 9.17) is 9.47 Å². The largest absolute Gasteiger partial charge is 0.457 e. The molecule has 0 bridgehead atoms. The van der Waals surface area contributed by atoms with Gasteiger partial charge in [-0.1, -0.05) is 35.9 Å². The Morgan fingerprint density at radius 1 is 0.882 bits per heavy atom. The van der Waals surface area contributed by atoms with Gasteiger partial charge in [-0.25, -0.2) is 13.2 Å². The standard InChI is InChI=1S/C26H26N2O5S/c1-19-6-8-22(9-7-19)33-23-10-12-24(13-11-23)34(30,31)27-16-14-21(15-17-27)28-25-5-3-2-4-20(25)18-32-26(28)29/h2-13,21H,14-18H2,1H3. The molecular formula is C26H26N2O5S. The Morgan fingerprint density at radius 2 is 1.50 bits per heavy atom. The molecule has 0 unspecified atom stereocenters. The number of amides is 1. The van der Waals surface area contributed by atoms with Crippen molar-refractivity contribution < 1.29 is 22.7 Å². The maximum Gasteiger partial charge on any atom is 0.414 e. The number of rotatable bonds is 5. The third-order valence-corrected chi connectivity index (χ3v) is 8.22. The average Bonchev–Trinajstić information content (AvgIpc) is 2.86. The summed E-state index contributed by atoms with van der Waals surface area (Å²) in [4.78, 5) is 14.4. The highest BCUT2D eigenvalue weighted by molar-refractivity contribution is 7.89. The van der Waals surface area contributed by atoms with Gasteiger partial charge in [0.25, 0.3) is 0 Å². The fourth-order valence-electron chi connectivity index (χ4n) is 4.43. The van der Waals surface area contributed by atoms with Crippen LogP contribution in [0.5, 0.6) is 11.5 Å². The van der Waals surface area contributed by atoms with E-state index in [9.17, 15) is 13.2 Å². The number of anilines is 1. The van der Waals surface area contributed by atoms with Crippen molar-refractivity contribution in [3.05, 3.63) is 83.9 Å². The first kappa shape index (κ1) is 22.4. The summed E-state index contributed by atoms with van der Waals surface area (Å²) in [7, 11) is -3.64. The number of carbonyl (C=O) groups excluding carboxylic acids is 1. The van der Waals surface area contributed by atoms with Gasteiger partial charge in [-0.15, -0.1) is 0 Å². The quantitative estimate of drug-likeness (QED) is 0.510. The number of hydrogen-bond acceptors (Lipinski definition) is 5. The predicted octanol–water partition coefficient (Wildman–Crippen LogP) is 5.10. The molecule has 8 heteroatoms. The van der Waals surface area contributed by atoms with Crippen LogP contribution in [0.2, 0.25) is 0 Å². The van der Waals surface area contributed by atoms with Crippen molar-refractivity contribution in [3.63, 3.8) is 0 Å². The SMILES string of the molecule is Cc1ccc(Oc2ccc(S(=O)(=O)N3CCC(N4C(=O)OCc5ccccc54)CC3)cc2)cc1. The lowest BCUT2D eigenvalue weighted by Gasteiger charge is -2.39. The van der Waals surface area contributed by atoms with Gasteiger partial charge < -0.3 is 9.47 Å². The zero-order chi connectivity index (χ0) is 23.7. The van der Waals surface area contributed by atoms with Gasteiger partial charge >= 0.3 is 6.09 Å². The van der Waals surface area contributed by atoms with Crippen molar-refractivity contribution in [1.29, 1.82) is 0 Å². The maximum absolute atomic E-state index is 13.2. The van der Waals surface area contributed by atoms with Crippen LogP contribution in [-0.2, 0) is 21.4 Å². The molecule has 1 saturated heterocycles. The van der Waals surface area contributed by atoms with Gasteiger partial charge in [0.05, 0.1) is 10.6 Å². The number of carbonyl (C=O) groups is 1. The number of fused-ring (bicyclic) bond motifs is 1. The number of aryl methyl sites for hydroxylation is 1. The smallest absolute Gasteiger partial charge is 0.414 e. The summed E-state index contributed by atoms with van der Waals surface area (Å²) in [5.41, 5.74) is 2.95. The van der Waals surface area contributed by atoms with Gasteiger partial charge in [0.1, 0.15) is 18.1 Å². The Hall–Kier alpha value is -3.36. The van der Waals surface area contributed by atoms with Crippen LogP contribution in [0.1, 0.15) is 24.0 Å². The van der Waals surface area contributed by atoms with Crippen molar-refractivity contribution in [3.8, 4) is 11.5 Å². The van der Waals surface area contributed by atoms with E-state index in [1.165, 1.54) is 4.31 Å². The van der Waals surface area contributed by atoms with Crippen LogP contribution in [0, 0.1) is 6.92 Å². The van der Waals surface area contributed by atoms with Crippen LogP contribution in [0.3, 0.4) is 0 Å². The van der Waals surface area contributed by atoms with Crippen molar-refractivity contribution in [2.24, 2.45) is 0 Å². The molecule has 0 radical (unpaired) electrons. The summed E-state index contributed by atoms with van der Waals surface area (Å²) >= 11 is 0. The highest BCUT2D eigenvalue weighted by atomic mass is 32.2. The summed E-state index contributed by atoms with van der Waals surface area (Å²) in [6, 6.07) is 21.7. The zero-order valence-electron chi connectivity index (χ0n) is 18.9. The number of para-hydroxylation sites is 1. The minimum Gasteiger partial charge on any atom is -0.457 e. The third-order valence-electron chi connectivity index (χ3n) is 6.31. The second-order valence-electron chi connectivity index (χ2n) is 8.58. The molecule has 0 N–H and O–H groups in total. The number of ether oxygens (including phenoxy) is 2. The molecule has 0 atom stereocenters. The van der Waals surface area contributed by atoms with Gasteiger partial charge in [-0.3, -0.25) is 4.90 Å². The summed E-state index contributed by atoms with van der Waals surface area (Å²) in [6.07, 6.45) is 0.707. The van der Waals surface area contributed by atoms with Gasteiger partial charge in [0.2, 0.25) is 10.0 Å². The lowest BCUT2D eigenvalue weighted by atomic mass is 10.0. The van der Waals surface area contributed by atoms with E-state index >= 15 is 0 Å². The number of cyclic esters (lactones) is 1. The molecule has 0 spiro atoms. The fourth-order valence-corrected chi connectivity index (χ4v) is 5.90. The lowest BCUT2D eigenvalue weighted by Crippen LogP contribution is -2.50.